The number of aromatic nitrogens is 2. The van der Waals surface area contributed by atoms with E-state index >= 15 is 0 Å². The summed E-state index contributed by atoms with van der Waals surface area (Å²) < 4.78 is 7.14. The highest BCUT2D eigenvalue weighted by Crippen LogP contribution is 2.17. The number of methoxy groups -OCH3 is 1. The maximum atomic E-state index is 5.33. The molecule has 0 saturated heterocycles. The molecule has 1 N–H and O–H groups in total. The lowest BCUT2D eigenvalue weighted by atomic mass is 10.1. The molecule has 0 aromatic carbocycles. The quantitative estimate of drug-likeness (QED) is 0.768. The zero-order valence-electron chi connectivity index (χ0n) is 9.32. The number of aryl methyl sites for hydroxylation is 1. The average molecular weight is 197 g/mol. The predicted octanol–water partition coefficient (Wildman–Crippen LogP) is 1.11. The monoisotopic (exact) mass is 197 g/mol. The molecule has 0 aliphatic heterocycles. The molecule has 0 aliphatic carbocycles. The third-order valence-corrected chi connectivity index (χ3v) is 2.35. The van der Waals surface area contributed by atoms with Gasteiger partial charge in [-0.1, -0.05) is 6.92 Å². The number of nitrogens with one attached hydrogen (secondary N) is 1. The molecule has 80 valence electrons. The summed E-state index contributed by atoms with van der Waals surface area (Å²) in [6.07, 6.45) is 4.05. The Morgan fingerprint density at radius 1 is 1.64 bits per heavy atom. The van der Waals surface area contributed by atoms with Gasteiger partial charge in [0.15, 0.2) is 0 Å². The van der Waals surface area contributed by atoms with E-state index in [0.717, 1.165) is 6.54 Å². The summed E-state index contributed by atoms with van der Waals surface area (Å²) in [4.78, 5) is 0. The largest absolute Gasteiger partial charge is 0.380 e. The Balaban J connectivity index is 2.76. The maximum Gasteiger partial charge on any atom is 0.0739 e. The first-order valence-corrected chi connectivity index (χ1v) is 4.93. The molecule has 2 unspecified atom stereocenters. The highest BCUT2D eigenvalue weighted by Gasteiger charge is 2.18. The molecular weight excluding hydrogens is 178 g/mol. The van der Waals surface area contributed by atoms with Crippen molar-refractivity contribution in [3.8, 4) is 0 Å². The number of hydrogen-bond donors (Lipinski definition) is 1. The summed E-state index contributed by atoms with van der Waals surface area (Å²) in [7, 11) is 3.65. The third kappa shape index (κ3) is 2.56. The predicted molar refractivity (Wildman–Crippen MR) is 56.1 cm³/mol. The highest BCUT2D eigenvalue weighted by molar-refractivity contribution is 5.11. The molecule has 0 aliphatic rings. The van der Waals surface area contributed by atoms with Gasteiger partial charge in [-0.3, -0.25) is 4.68 Å². The summed E-state index contributed by atoms with van der Waals surface area (Å²) in [5.74, 6) is 0. The summed E-state index contributed by atoms with van der Waals surface area (Å²) in [6, 6.07) is 0.221. The second-order valence-corrected chi connectivity index (χ2v) is 3.42. The molecule has 0 saturated carbocycles. The summed E-state index contributed by atoms with van der Waals surface area (Å²) in [6.45, 7) is 5.07. The van der Waals surface area contributed by atoms with E-state index in [1.165, 1.54) is 5.56 Å². The van der Waals surface area contributed by atoms with E-state index in [1.807, 2.05) is 24.1 Å². The molecule has 0 fully saturated rings. The molecular formula is C10H19N3O. The molecule has 0 spiro atoms. The Bertz CT molecular complexity index is 272. The van der Waals surface area contributed by atoms with Crippen molar-refractivity contribution < 1.29 is 4.74 Å². The standard InChI is InChI=1S/C10H19N3O/c1-5-11-10(8(2)14-4)9-6-12-13(3)7-9/h6-8,10-11H,5H2,1-4H3. The molecule has 1 rings (SSSR count). The fourth-order valence-electron chi connectivity index (χ4n) is 1.51. The zero-order chi connectivity index (χ0) is 10.6. The number of hydrogen-bond acceptors (Lipinski definition) is 3. The molecule has 14 heavy (non-hydrogen) atoms. The summed E-state index contributed by atoms with van der Waals surface area (Å²) >= 11 is 0. The van der Waals surface area contributed by atoms with Gasteiger partial charge in [-0.2, -0.15) is 5.10 Å². The molecule has 0 amide bonds. The normalized spacial score (nSPS) is 15.4. The first-order valence-electron chi connectivity index (χ1n) is 4.93. The Morgan fingerprint density at radius 3 is 2.79 bits per heavy atom. The minimum atomic E-state index is 0.152. The van der Waals surface area contributed by atoms with Crippen LogP contribution in [0, 0.1) is 0 Å². The van der Waals surface area contributed by atoms with E-state index < -0.39 is 0 Å². The van der Waals surface area contributed by atoms with E-state index in [4.69, 9.17) is 4.74 Å². The van der Waals surface area contributed by atoms with Crippen molar-refractivity contribution in [3.63, 3.8) is 0 Å². The van der Waals surface area contributed by atoms with E-state index in [0.29, 0.717) is 0 Å². The topological polar surface area (TPSA) is 39.1 Å². The van der Waals surface area contributed by atoms with Crippen LogP contribution in [0.3, 0.4) is 0 Å². The lowest BCUT2D eigenvalue weighted by molar-refractivity contribution is 0.0835. The molecule has 1 aromatic heterocycles. The van der Waals surface area contributed by atoms with Gasteiger partial charge in [-0.15, -0.1) is 0 Å². The number of rotatable bonds is 5. The van der Waals surface area contributed by atoms with Gasteiger partial charge >= 0.3 is 0 Å². The highest BCUT2D eigenvalue weighted by atomic mass is 16.5. The van der Waals surface area contributed by atoms with Crippen LogP contribution in [0.5, 0.6) is 0 Å². The second-order valence-electron chi connectivity index (χ2n) is 3.42. The summed E-state index contributed by atoms with van der Waals surface area (Å²) in [5.41, 5.74) is 1.17. The first kappa shape index (κ1) is 11.2. The number of ether oxygens (including phenoxy) is 1. The van der Waals surface area contributed by atoms with Crippen LogP contribution >= 0.6 is 0 Å². The smallest absolute Gasteiger partial charge is 0.0739 e. The Kier molecular flexibility index (Phi) is 4.10. The zero-order valence-corrected chi connectivity index (χ0v) is 9.32. The van der Waals surface area contributed by atoms with Gasteiger partial charge < -0.3 is 10.1 Å². The second kappa shape index (κ2) is 5.12. The van der Waals surface area contributed by atoms with E-state index in [1.54, 1.807) is 7.11 Å². The van der Waals surface area contributed by atoms with Gasteiger partial charge in [-0.25, -0.2) is 0 Å². The molecule has 1 heterocycles. The van der Waals surface area contributed by atoms with Crippen LogP contribution in [0.15, 0.2) is 12.4 Å². The van der Waals surface area contributed by atoms with Gasteiger partial charge in [0.2, 0.25) is 0 Å². The maximum absolute atomic E-state index is 5.33. The average Bonchev–Trinajstić information content (AvgIpc) is 2.60. The fourth-order valence-corrected chi connectivity index (χ4v) is 1.51. The van der Waals surface area contributed by atoms with Crippen LogP contribution in [-0.4, -0.2) is 29.5 Å². The van der Waals surface area contributed by atoms with Gasteiger partial charge in [0.25, 0.3) is 0 Å². The Hall–Kier alpha value is -0.870. The third-order valence-electron chi connectivity index (χ3n) is 2.35. The van der Waals surface area contributed by atoms with Crippen molar-refractivity contribution in [1.29, 1.82) is 0 Å². The SMILES string of the molecule is CCNC(c1cnn(C)c1)C(C)OC. The molecule has 1 aromatic rings. The molecule has 4 nitrogen and oxygen atoms in total. The lowest BCUT2D eigenvalue weighted by Gasteiger charge is -2.22. The van der Waals surface area contributed by atoms with Gasteiger partial charge in [0.1, 0.15) is 0 Å². The summed E-state index contributed by atoms with van der Waals surface area (Å²) in [5, 5.41) is 7.54. The van der Waals surface area contributed by atoms with Crippen molar-refractivity contribution >= 4 is 0 Å². The van der Waals surface area contributed by atoms with Gasteiger partial charge in [0, 0.05) is 25.9 Å². The first-order chi connectivity index (χ1) is 6.69. The van der Waals surface area contributed by atoms with E-state index in [2.05, 4.69) is 24.3 Å². The van der Waals surface area contributed by atoms with Crippen LogP contribution in [0.2, 0.25) is 0 Å². The lowest BCUT2D eigenvalue weighted by Crippen LogP contribution is -2.31. The van der Waals surface area contributed by atoms with Crippen LogP contribution in [0.4, 0.5) is 0 Å². The number of nitrogens with zero attached hydrogens (tertiary/aromatic N) is 2. The van der Waals surface area contributed by atoms with Crippen LogP contribution in [-0.2, 0) is 11.8 Å². The molecule has 4 heteroatoms. The van der Waals surface area contributed by atoms with Gasteiger partial charge in [0.05, 0.1) is 18.3 Å². The van der Waals surface area contributed by atoms with E-state index in [-0.39, 0.29) is 12.1 Å². The van der Waals surface area contributed by atoms with Gasteiger partial charge in [-0.05, 0) is 13.5 Å². The van der Waals surface area contributed by atoms with Crippen molar-refractivity contribution in [3.05, 3.63) is 18.0 Å². The molecule has 0 bridgehead atoms. The molecule has 2 atom stereocenters. The van der Waals surface area contributed by atoms with Crippen LogP contribution in [0.25, 0.3) is 0 Å². The van der Waals surface area contributed by atoms with Crippen molar-refractivity contribution in [2.45, 2.75) is 26.0 Å². The fraction of sp³-hybridized carbons (Fsp3) is 0.700. The van der Waals surface area contributed by atoms with Crippen LogP contribution in [0.1, 0.15) is 25.5 Å². The van der Waals surface area contributed by atoms with Crippen molar-refractivity contribution in [2.75, 3.05) is 13.7 Å². The minimum Gasteiger partial charge on any atom is -0.380 e. The van der Waals surface area contributed by atoms with Crippen molar-refractivity contribution in [2.24, 2.45) is 7.05 Å². The minimum absolute atomic E-state index is 0.152. The van der Waals surface area contributed by atoms with Crippen LogP contribution < -0.4 is 5.32 Å². The Morgan fingerprint density at radius 2 is 2.36 bits per heavy atom. The van der Waals surface area contributed by atoms with E-state index in [9.17, 15) is 0 Å². The number of likely N-dealkylation sites (N-methyl/N-ethyl adjacent to an activating group) is 1. The Labute approximate surface area is 85.3 Å². The molecule has 0 radical (unpaired) electrons. The van der Waals surface area contributed by atoms with Crippen molar-refractivity contribution in [1.82, 2.24) is 15.1 Å².